The van der Waals surface area contributed by atoms with Crippen LogP contribution in [0.15, 0.2) is 51.5 Å². The summed E-state index contributed by atoms with van der Waals surface area (Å²) in [6.45, 7) is 4.69. The van der Waals surface area contributed by atoms with E-state index in [1.54, 1.807) is 6.26 Å². The maximum atomic E-state index is 5.83. The van der Waals surface area contributed by atoms with Crippen molar-refractivity contribution < 1.29 is 8.83 Å². The number of furan rings is 1. The van der Waals surface area contributed by atoms with Crippen LogP contribution in [0.4, 0.5) is 6.01 Å². The van der Waals surface area contributed by atoms with Gasteiger partial charge in [-0.3, -0.25) is 4.90 Å². The number of nitrogens with zero attached hydrogens (tertiary/aromatic N) is 3. The van der Waals surface area contributed by atoms with Crippen LogP contribution >= 0.6 is 0 Å². The Balaban J connectivity index is 1.42. The summed E-state index contributed by atoms with van der Waals surface area (Å²) < 4.78 is 11.2. The minimum atomic E-state index is 0.730. The van der Waals surface area contributed by atoms with Crippen LogP contribution in [0, 0.1) is 0 Å². The lowest BCUT2D eigenvalue weighted by Crippen LogP contribution is -2.46. The maximum absolute atomic E-state index is 5.83. The largest absolute Gasteiger partial charge is 0.468 e. The van der Waals surface area contributed by atoms with Gasteiger partial charge in [0.15, 0.2) is 5.58 Å². The highest BCUT2D eigenvalue weighted by Gasteiger charge is 2.21. The summed E-state index contributed by atoms with van der Waals surface area (Å²) in [7, 11) is 0. The molecule has 0 amide bonds. The van der Waals surface area contributed by atoms with Crippen molar-refractivity contribution in [3.05, 3.63) is 48.4 Å². The topological polar surface area (TPSA) is 45.7 Å². The van der Waals surface area contributed by atoms with Gasteiger partial charge >= 0.3 is 0 Å². The summed E-state index contributed by atoms with van der Waals surface area (Å²) in [6, 6.07) is 12.6. The van der Waals surface area contributed by atoms with Crippen molar-refractivity contribution in [1.29, 1.82) is 0 Å². The molecule has 1 aliphatic heterocycles. The van der Waals surface area contributed by atoms with E-state index in [1.807, 2.05) is 36.4 Å². The van der Waals surface area contributed by atoms with Crippen LogP contribution in [0.5, 0.6) is 0 Å². The van der Waals surface area contributed by atoms with Crippen LogP contribution in [0.2, 0.25) is 0 Å². The van der Waals surface area contributed by atoms with Crippen molar-refractivity contribution in [1.82, 2.24) is 9.88 Å². The zero-order valence-corrected chi connectivity index (χ0v) is 11.7. The third-order valence-corrected chi connectivity index (χ3v) is 3.88. The number of fused-ring (bicyclic) bond motifs is 1. The second-order valence-corrected chi connectivity index (χ2v) is 5.31. The number of benzene rings is 1. The normalized spacial score (nSPS) is 16.7. The lowest BCUT2D eigenvalue weighted by Gasteiger charge is -2.33. The van der Waals surface area contributed by atoms with Crippen molar-refractivity contribution in [3.8, 4) is 0 Å². The van der Waals surface area contributed by atoms with E-state index in [0.29, 0.717) is 0 Å². The molecule has 1 aliphatic rings. The van der Waals surface area contributed by atoms with E-state index in [9.17, 15) is 0 Å². The average molecular weight is 283 g/mol. The molecule has 0 aliphatic carbocycles. The van der Waals surface area contributed by atoms with Gasteiger partial charge in [0, 0.05) is 26.2 Å². The van der Waals surface area contributed by atoms with E-state index in [2.05, 4.69) is 14.8 Å². The molecule has 0 atom stereocenters. The van der Waals surface area contributed by atoms with Gasteiger partial charge in [-0.2, -0.15) is 4.98 Å². The Morgan fingerprint density at radius 3 is 2.62 bits per heavy atom. The van der Waals surface area contributed by atoms with Gasteiger partial charge in [-0.1, -0.05) is 12.1 Å². The lowest BCUT2D eigenvalue weighted by atomic mass is 10.3. The molecule has 3 aromatic rings. The van der Waals surface area contributed by atoms with Crippen LogP contribution in [-0.2, 0) is 6.54 Å². The van der Waals surface area contributed by atoms with E-state index >= 15 is 0 Å². The number of piperazine rings is 1. The lowest BCUT2D eigenvalue weighted by molar-refractivity contribution is 0.227. The molecule has 0 bridgehead atoms. The molecule has 5 heteroatoms. The van der Waals surface area contributed by atoms with Gasteiger partial charge < -0.3 is 13.7 Å². The summed E-state index contributed by atoms with van der Waals surface area (Å²) >= 11 is 0. The molecule has 108 valence electrons. The molecule has 0 spiro atoms. The molecule has 1 aromatic carbocycles. The van der Waals surface area contributed by atoms with Crippen LogP contribution in [0.1, 0.15) is 5.76 Å². The van der Waals surface area contributed by atoms with Crippen molar-refractivity contribution in [2.24, 2.45) is 0 Å². The highest BCUT2D eigenvalue weighted by Crippen LogP contribution is 2.22. The monoisotopic (exact) mass is 283 g/mol. The van der Waals surface area contributed by atoms with Gasteiger partial charge in [0.05, 0.1) is 12.8 Å². The van der Waals surface area contributed by atoms with E-state index in [0.717, 1.165) is 55.6 Å². The molecular formula is C16H17N3O2. The number of hydrogen-bond donors (Lipinski definition) is 0. The smallest absolute Gasteiger partial charge is 0.298 e. The summed E-state index contributed by atoms with van der Waals surface area (Å²) in [6.07, 6.45) is 1.73. The van der Waals surface area contributed by atoms with Gasteiger partial charge in [0.25, 0.3) is 6.01 Å². The Kier molecular flexibility index (Phi) is 3.12. The van der Waals surface area contributed by atoms with Crippen molar-refractivity contribution in [2.75, 3.05) is 31.1 Å². The van der Waals surface area contributed by atoms with Gasteiger partial charge in [0.1, 0.15) is 11.3 Å². The third-order valence-electron chi connectivity index (χ3n) is 3.88. The molecule has 4 rings (SSSR count). The minimum absolute atomic E-state index is 0.730. The fourth-order valence-corrected chi connectivity index (χ4v) is 2.72. The molecule has 0 radical (unpaired) electrons. The maximum Gasteiger partial charge on any atom is 0.298 e. The quantitative estimate of drug-likeness (QED) is 0.739. The standard InChI is InChI=1S/C16H17N3O2/c1-2-6-15-14(5-1)17-16(21-15)19-9-7-18(8-10-19)12-13-4-3-11-20-13/h1-6,11H,7-10,12H2. The Morgan fingerprint density at radius 1 is 1.00 bits per heavy atom. The van der Waals surface area contributed by atoms with E-state index in [1.165, 1.54) is 0 Å². The second-order valence-electron chi connectivity index (χ2n) is 5.31. The fraction of sp³-hybridized carbons (Fsp3) is 0.312. The number of para-hydroxylation sites is 2. The molecule has 3 heterocycles. The highest BCUT2D eigenvalue weighted by molar-refractivity contribution is 5.74. The summed E-state index contributed by atoms with van der Waals surface area (Å²) in [4.78, 5) is 9.15. The molecule has 5 nitrogen and oxygen atoms in total. The van der Waals surface area contributed by atoms with Gasteiger partial charge in [-0.05, 0) is 24.3 Å². The third kappa shape index (κ3) is 2.52. The summed E-state index contributed by atoms with van der Waals surface area (Å²) in [5.41, 5.74) is 1.77. The van der Waals surface area contributed by atoms with Crippen molar-refractivity contribution >= 4 is 17.1 Å². The predicted octanol–water partition coefficient (Wildman–Crippen LogP) is 2.74. The van der Waals surface area contributed by atoms with E-state index in [-0.39, 0.29) is 0 Å². The van der Waals surface area contributed by atoms with Gasteiger partial charge in [-0.15, -0.1) is 0 Å². The zero-order valence-electron chi connectivity index (χ0n) is 11.7. The number of anilines is 1. The first-order valence-corrected chi connectivity index (χ1v) is 7.24. The van der Waals surface area contributed by atoms with Gasteiger partial charge in [0.2, 0.25) is 0 Å². The number of aromatic nitrogens is 1. The minimum Gasteiger partial charge on any atom is -0.468 e. The molecule has 21 heavy (non-hydrogen) atoms. The zero-order chi connectivity index (χ0) is 14.1. The van der Waals surface area contributed by atoms with Crippen molar-refractivity contribution in [2.45, 2.75) is 6.54 Å². The Morgan fingerprint density at radius 2 is 1.86 bits per heavy atom. The summed E-state index contributed by atoms with van der Waals surface area (Å²) in [5.74, 6) is 1.02. The first-order chi connectivity index (χ1) is 10.4. The first-order valence-electron chi connectivity index (χ1n) is 7.24. The highest BCUT2D eigenvalue weighted by atomic mass is 16.4. The average Bonchev–Trinajstić information content (AvgIpc) is 3.16. The van der Waals surface area contributed by atoms with E-state index < -0.39 is 0 Å². The molecular weight excluding hydrogens is 266 g/mol. The molecule has 1 fully saturated rings. The van der Waals surface area contributed by atoms with Crippen molar-refractivity contribution in [3.63, 3.8) is 0 Å². The van der Waals surface area contributed by atoms with E-state index in [4.69, 9.17) is 8.83 Å². The van der Waals surface area contributed by atoms with Crippen LogP contribution in [0.3, 0.4) is 0 Å². The first kappa shape index (κ1) is 12.5. The van der Waals surface area contributed by atoms with Crippen LogP contribution in [0.25, 0.3) is 11.1 Å². The van der Waals surface area contributed by atoms with Crippen LogP contribution in [-0.4, -0.2) is 36.1 Å². The molecule has 2 aromatic heterocycles. The second kappa shape index (κ2) is 5.26. The van der Waals surface area contributed by atoms with Gasteiger partial charge in [-0.25, -0.2) is 0 Å². The Bertz CT molecular complexity index is 679. The predicted molar refractivity (Wildman–Crippen MR) is 80.2 cm³/mol. The molecule has 0 saturated carbocycles. The Labute approximate surface area is 122 Å². The van der Waals surface area contributed by atoms with Crippen LogP contribution < -0.4 is 4.90 Å². The molecule has 0 unspecified atom stereocenters. The number of rotatable bonds is 3. The fourth-order valence-electron chi connectivity index (χ4n) is 2.72. The number of oxazole rings is 1. The summed E-state index contributed by atoms with van der Waals surface area (Å²) in [5, 5.41) is 0. The molecule has 1 saturated heterocycles. The number of hydrogen-bond acceptors (Lipinski definition) is 5. The SMILES string of the molecule is c1coc(CN2CCN(c3nc4ccccc4o3)CC2)c1. The molecule has 0 N–H and O–H groups in total. The Hall–Kier alpha value is -2.27.